The van der Waals surface area contributed by atoms with Gasteiger partial charge in [-0.05, 0) is 20.8 Å². The number of aromatic amines is 1. The predicted octanol–water partition coefficient (Wildman–Crippen LogP) is -8.60. The molecule has 0 saturated carbocycles. The van der Waals surface area contributed by atoms with Gasteiger partial charge in [0.2, 0.25) is 29.5 Å². The van der Waals surface area contributed by atoms with E-state index in [0.717, 1.165) is 23.9 Å². The van der Waals surface area contributed by atoms with E-state index in [1.165, 1.54) is 44.4 Å². The molecule has 90 heavy (non-hydrogen) atoms. The summed E-state index contributed by atoms with van der Waals surface area (Å²) in [5.74, 6) is -9.13. The molecule has 6 heterocycles. The van der Waals surface area contributed by atoms with Gasteiger partial charge in [-0.2, -0.15) is 0 Å². The summed E-state index contributed by atoms with van der Waals surface area (Å²) >= 11 is 2.40. The minimum absolute atomic E-state index is 0.0170. The number of primary amides is 4. The van der Waals surface area contributed by atoms with Gasteiger partial charge in [-0.3, -0.25) is 33.6 Å². The van der Waals surface area contributed by atoms with Gasteiger partial charge in [0.15, 0.2) is 18.7 Å². The number of ether oxygens (including phenoxy) is 5. The summed E-state index contributed by atoms with van der Waals surface area (Å²) < 4.78 is 28.7. The van der Waals surface area contributed by atoms with Gasteiger partial charge in [0.1, 0.15) is 94.6 Å². The summed E-state index contributed by atoms with van der Waals surface area (Å²) in [7, 11) is 0. The Morgan fingerprint density at radius 2 is 1.47 bits per heavy atom. The van der Waals surface area contributed by atoms with Gasteiger partial charge in [-0.25, -0.2) is 29.7 Å². The molecule has 19 atom stereocenters. The molecule has 0 aromatic carbocycles. The first-order valence-corrected chi connectivity index (χ1v) is 29.2. The van der Waals surface area contributed by atoms with E-state index in [4.69, 9.17) is 58.1 Å². The van der Waals surface area contributed by atoms with Crippen molar-refractivity contribution in [3.8, 4) is 10.7 Å². The van der Waals surface area contributed by atoms with Crippen molar-refractivity contribution in [1.82, 2.24) is 56.5 Å². The summed E-state index contributed by atoms with van der Waals surface area (Å²) in [5.41, 5.74) is 33.1. The highest BCUT2D eigenvalue weighted by Gasteiger charge is 2.54. The molecular formula is C50H73N17O21S2. The van der Waals surface area contributed by atoms with Gasteiger partial charge in [-0.1, -0.05) is 6.92 Å². The summed E-state index contributed by atoms with van der Waals surface area (Å²) in [4.78, 5) is 129. The molecule has 26 N–H and O–H groups in total. The molecule has 0 unspecified atom stereocenters. The Morgan fingerprint density at radius 3 is 2.07 bits per heavy atom. The van der Waals surface area contributed by atoms with Crippen LogP contribution >= 0.6 is 22.7 Å². The van der Waals surface area contributed by atoms with E-state index in [-0.39, 0.29) is 48.1 Å². The summed E-state index contributed by atoms with van der Waals surface area (Å²) in [6.07, 6.45) is -25.1. The van der Waals surface area contributed by atoms with E-state index in [0.29, 0.717) is 15.7 Å². The fraction of sp³-hybridized carbons (Fsp3) is 0.580. The third kappa shape index (κ3) is 17.9. The molecule has 2 saturated heterocycles. The fourth-order valence-corrected chi connectivity index (χ4v) is 10.8. The maximum Gasteiger partial charge on any atom is 0.404 e. The lowest BCUT2D eigenvalue weighted by atomic mass is 9.96. The molecule has 4 aromatic heterocycles. The third-order valence-electron chi connectivity index (χ3n) is 14.3. The van der Waals surface area contributed by atoms with Crippen molar-refractivity contribution in [2.24, 2.45) is 34.6 Å². The van der Waals surface area contributed by atoms with Crippen molar-refractivity contribution in [3.05, 3.63) is 56.8 Å². The van der Waals surface area contributed by atoms with Crippen LogP contribution in [-0.4, -0.2) is 242 Å². The largest absolute Gasteiger partial charge is 0.441 e. The number of hydrogen-bond acceptors (Lipinski definition) is 31. The molecule has 4 aromatic rings. The minimum Gasteiger partial charge on any atom is -0.441 e. The fourth-order valence-electron chi connectivity index (χ4n) is 9.15. The van der Waals surface area contributed by atoms with Crippen LogP contribution in [0.2, 0.25) is 0 Å². The number of carbonyl (C=O) groups is 8. The number of nitrogens with one attached hydrogen (secondary N) is 6. The molecule has 496 valence electrons. The van der Waals surface area contributed by atoms with Crippen LogP contribution in [-0.2, 0) is 54.1 Å². The van der Waals surface area contributed by atoms with E-state index in [2.05, 4.69) is 56.5 Å². The number of nitrogen functional groups attached to an aromatic ring is 1. The summed E-state index contributed by atoms with van der Waals surface area (Å²) in [5, 5.41) is 105. The van der Waals surface area contributed by atoms with Crippen LogP contribution in [0.4, 0.5) is 10.6 Å². The average Bonchev–Trinajstić information content (AvgIpc) is 0.905. The Labute approximate surface area is 518 Å². The number of aliphatic hydroxyl groups excluding tert-OH is 8. The first kappa shape index (κ1) is 71.4. The second kappa shape index (κ2) is 31.9. The maximum atomic E-state index is 15.1. The number of H-pyrrole nitrogens is 1. The third-order valence-corrected chi connectivity index (χ3v) is 16.1. The number of anilines is 1. The number of nitrogens with zero attached hydrogens (tertiary/aromatic N) is 5. The Hall–Kier alpha value is -7.65. The van der Waals surface area contributed by atoms with Crippen LogP contribution < -0.4 is 61.0 Å². The van der Waals surface area contributed by atoms with Crippen molar-refractivity contribution in [3.63, 3.8) is 0 Å². The number of aliphatic hydroxyl groups is 8. The first-order valence-electron chi connectivity index (χ1n) is 27.4. The highest BCUT2D eigenvalue weighted by atomic mass is 32.1. The molecule has 38 nitrogen and oxygen atoms in total. The average molecular weight is 1310 g/mol. The molecule has 8 amide bonds. The van der Waals surface area contributed by atoms with E-state index in [1.807, 2.05) is 0 Å². The number of imidazole rings is 1. The van der Waals surface area contributed by atoms with E-state index in [1.54, 1.807) is 5.38 Å². The predicted molar refractivity (Wildman–Crippen MR) is 306 cm³/mol. The maximum absolute atomic E-state index is 15.1. The number of hydrogen-bond donors (Lipinski definition) is 20. The molecule has 0 bridgehead atoms. The highest BCUT2D eigenvalue weighted by molar-refractivity contribution is 7.14. The van der Waals surface area contributed by atoms with Gasteiger partial charge >= 0.3 is 6.09 Å². The van der Waals surface area contributed by atoms with Gasteiger partial charge in [0, 0.05) is 42.3 Å². The number of amides is 8. The van der Waals surface area contributed by atoms with Gasteiger partial charge < -0.3 is 131 Å². The zero-order valence-corrected chi connectivity index (χ0v) is 50.1. The van der Waals surface area contributed by atoms with Crippen LogP contribution in [0.15, 0.2) is 23.3 Å². The molecule has 0 spiro atoms. The van der Waals surface area contributed by atoms with E-state index >= 15 is 4.79 Å². The SMILES string of the molecule is Cc1c(N)nc([C@H](CC(N)=O)NC[C@H](N)C(N)=O)nc1C(=O)N[C@H](C(=O)N[C@H](C)[C@@H](O)[C@H](C)C(=O)N[C@H](C(=O)NCCc1nc(-c2nc(C(N)=O)cs2)cs1)[C@@H](C)O)[C@@H](O[C@@H]1O[C@@H](CO)[C@@H](O)[C@H](O)[C@@H]1O[C@H]1O[C@H](CO)[C@@H](O)[C@H](OC(N)=O)[C@@H]1O)c1cnc[nH]1. The van der Waals surface area contributed by atoms with Gasteiger partial charge in [-0.15, -0.1) is 22.7 Å². The molecule has 2 aliphatic rings. The zero-order valence-electron chi connectivity index (χ0n) is 48.4. The number of nitrogens with two attached hydrogens (primary N) is 6. The second-order valence-corrected chi connectivity index (χ2v) is 22.7. The lowest BCUT2D eigenvalue weighted by molar-refractivity contribution is -0.372. The van der Waals surface area contributed by atoms with Crippen LogP contribution in [0.25, 0.3) is 10.7 Å². The molecular weight excluding hydrogens is 1240 g/mol. The second-order valence-electron chi connectivity index (χ2n) is 20.9. The normalized spacial score (nSPS) is 24.8. The molecule has 0 radical (unpaired) electrons. The molecule has 0 aliphatic carbocycles. The van der Waals surface area contributed by atoms with Crippen LogP contribution in [0.5, 0.6) is 0 Å². The lowest BCUT2D eigenvalue weighted by Crippen LogP contribution is -2.65. The Morgan fingerprint density at radius 1 is 0.789 bits per heavy atom. The first-order chi connectivity index (χ1) is 42.5. The number of aromatic nitrogens is 6. The van der Waals surface area contributed by atoms with Crippen LogP contribution in [0.3, 0.4) is 0 Å². The van der Waals surface area contributed by atoms with Crippen molar-refractivity contribution in [2.45, 2.75) is 150 Å². The van der Waals surface area contributed by atoms with E-state index in [9.17, 15) is 74.4 Å². The molecule has 6 rings (SSSR count). The summed E-state index contributed by atoms with van der Waals surface area (Å²) in [6.45, 7) is 2.60. The lowest BCUT2D eigenvalue weighted by Gasteiger charge is -2.47. The molecule has 40 heteroatoms. The number of thiazole rings is 2. The standard InChI is InChI=1S/C50H73N17O21S2/c1-15-28(64-42(67-39(15)53)20(7-26(52)71)59-8-19(51)40(54)77)45(81)66-30(36(21-9-57-14-60-21)86-49-38(34(75)32(73)24(10-68)85-49)87-48-35(76)37(88-50(56)83)33(74)25(11-69)84-48)46(82)61-17(3)31(72)16(2)43(79)65-29(18(4)70)44(80)58-6-5-27-62-23(13-89-27)47-63-22(12-90-47)41(55)78/h9,12-14,16-20,24-25,29-38,48-49,59,68-70,72-76H,5-8,10-11,51H2,1-4H3,(H2,52,71)(H2,54,77)(H2,55,78)(H2,56,83)(H,57,60)(H,58,80)(H,61,82)(H,65,79)(H,66,81)(H2,53,64,67)/t16-,17+,18+,19-,20-,24-,25+,29-,30-,31-,32+,33+,34-,35-,36-,37-,38-,48+,49-/m0/s1. The van der Waals surface area contributed by atoms with Crippen molar-refractivity contribution in [2.75, 3.05) is 32.0 Å². The quantitative estimate of drug-likeness (QED) is 0.0222. The Balaban J connectivity index is 1.31. The zero-order chi connectivity index (χ0) is 66.6. The number of rotatable bonds is 31. The minimum atomic E-state index is -2.20. The Kier molecular flexibility index (Phi) is 25.3. The Bertz CT molecular complexity index is 3150. The summed E-state index contributed by atoms with van der Waals surface area (Å²) in [6, 6.07) is -7.85. The van der Waals surface area contributed by atoms with Crippen molar-refractivity contribution < 1.29 is 103 Å². The monoisotopic (exact) mass is 1310 g/mol. The van der Waals surface area contributed by atoms with Crippen LogP contribution in [0.1, 0.15) is 82.4 Å². The van der Waals surface area contributed by atoms with Gasteiger partial charge in [0.25, 0.3) is 11.8 Å². The van der Waals surface area contributed by atoms with E-state index < -0.39 is 189 Å². The smallest absolute Gasteiger partial charge is 0.404 e. The topological polar surface area (TPSA) is 641 Å². The van der Waals surface area contributed by atoms with Crippen molar-refractivity contribution >= 4 is 75.9 Å². The molecule has 2 aliphatic heterocycles. The number of carbonyl (C=O) groups excluding carboxylic acids is 8. The van der Waals surface area contributed by atoms with Gasteiger partial charge in [0.05, 0.1) is 72.7 Å². The van der Waals surface area contributed by atoms with Crippen molar-refractivity contribution in [1.29, 1.82) is 0 Å². The van der Waals surface area contributed by atoms with Crippen LogP contribution in [0, 0.1) is 12.8 Å². The molecule has 2 fully saturated rings. The highest BCUT2D eigenvalue weighted by Crippen LogP contribution is 2.35.